The predicted octanol–water partition coefficient (Wildman–Crippen LogP) is 5.97. The summed E-state index contributed by atoms with van der Waals surface area (Å²) in [5, 5.41) is 0. The lowest BCUT2D eigenvalue weighted by Gasteiger charge is -2.51. The van der Waals surface area contributed by atoms with Crippen molar-refractivity contribution in [2.24, 2.45) is 0 Å². The molecule has 3 aromatic carbocycles. The molecule has 0 aromatic heterocycles. The van der Waals surface area contributed by atoms with Crippen LogP contribution in [0.15, 0.2) is 72.8 Å². The minimum absolute atomic E-state index is 0.0182. The molecule has 0 aliphatic carbocycles. The Bertz CT molecular complexity index is 1070. The first kappa shape index (κ1) is 20.2. The maximum Gasteiger partial charge on any atom is 0.258 e. The Morgan fingerprint density at radius 3 is 2.27 bits per heavy atom. The lowest BCUT2D eigenvalue weighted by molar-refractivity contribution is 0.0949. The van der Waals surface area contributed by atoms with E-state index in [4.69, 9.17) is 5.73 Å². The number of nitrogen functional groups attached to an aromatic ring is 1. The van der Waals surface area contributed by atoms with Gasteiger partial charge in [0.05, 0.1) is 5.69 Å². The van der Waals surface area contributed by atoms with Crippen molar-refractivity contribution in [1.82, 2.24) is 0 Å². The Morgan fingerprint density at radius 1 is 0.967 bits per heavy atom. The third kappa shape index (κ3) is 3.28. The first-order valence-corrected chi connectivity index (χ1v) is 10.7. The molecule has 1 aliphatic heterocycles. The topological polar surface area (TPSA) is 46.3 Å². The van der Waals surface area contributed by atoms with Gasteiger partial charge in [-0.1, -0.05) is 62.4 Å². The van der Waals surface area contributed by atoms with Crippen LogP contribution in [0.25, 0.3) is 0 Å². The molecule has 1 amide bonds. The summed E-state index contributed by atoms with van der Waals surface area (Å²) in [7, 11) is 0. The molecule has 0 bridgehead atoms. The second-order valence-corrected chi connectivity index (χ2v) is 9.15. The molecule has 0 radical (unpaired) electrons. The van der Waals surface area contributed by atoms with E-state index in [1.165, 1.54) is 11.1 Å². The molecule has 154 valence electrons. The molecule has 3 aromatic rings. The Hall–Kier alpha value is -3.07. The number of rotatable bonds is 3. The quantitative estimate of drug-likeness (QED) is 0.553. The summed E-state index contributed by atoms with van der Waals surface area (Å²) in [5.74, 6) is 0.0182. The van der Waals surface area contributed by atoms with E-state index in [2.05, 4.69) is 58.0 Å². The zero-order valence-electron chi connectivity index (χ0n) is 18.3. The van der Waals surface area contributed by atoms with Crippen LogP contribution in [0.4, 0.5) is 11.4 Å². The van der Waals surface area contributed by atoms with E-state index in [1.807, 2.05) is 47.4 Å². The van der Waals surface area contributed by atoms with Crippen LogP contribution in [0.1, 0.15) is 61.2 Å². The molecule has 1 heterocycles. The molecule has 0 unspecified atom stereocenters. The van der Waals surface area contributed by atoms with Crippen molar-refractivity contribution in [2.45, 2.75) is 51.5 Å². The Morgan fingerprint density at radius 2 is 1.63 bits per heavy atom. The highest BCUT2D eigenvalue weighted by atomic mass is 16.2. The van der Waals surface area contributed by atoms with E-state index in [0.717, 1.165) is 24.1 Å². The highest BCUT2D eigenvalue weighted by molar-refractivity contribution is 6.08. The maximum atomic E-state index is 13.7. The van der Waals surface area contributed by atoms with Gasteiger partial charge < -0.3 is 10.6 Å². The van der Waals surface area contributed by atoms with E-state index >= 15 is 0 Å². The van der Waals surface area contributed by atoms with Crippen LogP contribution in [0.2, 0.25) is 0 Å². The minimum Gasteiger partial charge on any atom is -0.399 e. The summed E-state index contributed by atoms with van der Waals surface area (Å²) in [6.07, 6.45) is 1.78. The van der Waals surface area contributed by atoms with Crippen LogP contribution in [0.5, 0.6) is 0 Å². The molecule has 4 rings (SSSR count). The molecular formula is C27H30N2O. The van der Waals surface area contributed by atoms with E-state index in [1.54, 1.807) is 0 Å². The van der Waals surface area contributed by atoms with Crippen LogP contribution in [-0.2, 0) is 11.8 Å². The van der Waals surface area contributed by atoms with Gasteiger partial charge in [-0.15, -0.1) is 0 Å². The lowest BCUT2D eigenvalue weighted by Crippen LogP contribution is -2.55. The van der Waals surface area contributed by atoms with Gasteiger partial charge in [0.2, 0.25) is 0 Å². The molecule has 30 heavy (non-hydrogen) atoms. The van der Waals surface area contributed by atoms with E-state index in [9.17, 15) is 4.79 Å². The molecule has 1 atom stereocenters. The number of fused-ring (bicyclic) bond motifs is 1. The van der Waals surface area contributed by atoms with Gasteiger partial charge in [-0.25, -0.2) is 0 Å². The SMILES string of the molecule is CCc1ccc(C(=O)N2c3cc(N)ccc3[C@](C)(c3ccccc3)CC2(C)C)cc1. The summed E-state index contributed by atoms with van der Waals surface area (Å²) < 4.78 is 0. The molecule has 3 nitrogen and oxygen atoms in total. The Kier molecular flexibility index (Phi) is 4.93. The van der Waals surface area contributed by atoms with Gasteiger partial charge >= 0.3 is 0 Å². The van der Waals surface area contributed by atoms with E-state index < -0.39 is 0 Å². The maximum absolute atomic E-state index is 13.7. The second-order valence-electron chi connectivity index (χ2n) is 9.15. The number of amides is 1. The number of hydrogen-bond acceptors (Lipinski definition) is 2. The van der Waals surface area contributed by atoms with Crippen molar-refractivity contribution in [1.29, 1.82) is 0 Å². The van der Waals surface area contributed by atoms with E-state index in [0.29, 0.717) is 11.3 Å². The van der Waals surface area contributed by atoms with Crippen molar-refractivity contribution in [3.8, 4) is 0 Å². The van der Waals surface area contributed by atoms with Crippen LogP contribution >= 0.6 is 0 Å². The molecular weight excluding hydrogens is 368 g/mol. The van der Waals surface area contributed by atoms with Gasteiger partial charge in [0, 0.05) is 22.2 Å². The first-order valence-electron chi connectivity index (χ1n) is 10.7. The van der Waals surface area contributed by atoms with Gasteiger partial charge in [-0.3, -0.25) is 4.79 Å². The third-order valence-electron chi connectivity index (χ3n) is 6.47. The van der Waals surface area contributed by atoms with Crippen LogP contribution < -0.4 is 10.6 Å². The summed E-state index contributed by atoms with van der Waals surface area (Å²) in [5.41, 5.74) is 11.5. The van der Waals surface area contributed by atoms with Crippen LogP contribution in [-0.4, -0.2) is 11.4 Å². The smallest absolute Gasteiger partial charge is 0.258 e. The van der Waals surface area contributed by atoms with Gasteiger partial charge in [0.25, 0.3) is 5.91 Å². The number of hydrogen-bond donors (Lipinski definition) is 1. The van der Waals surface area contributed by atoms with Crippen molar-refractivity contribution in [3.05, 3.63) is 95.1 Å². The zero-order chi connectivity index (χ0) is 21.5. The predicted molar refractivity (Wildman–Crippen MR) is 125 cm³/mol. The fourth-order valence-corrected chi connectivity index (χ4v) is 5.03. The lowest BCUT2D eigenvalue weighted by atomic mass is 9.65. The number of carbonyl (C=O) groups is 1. The number of nitrogens with zero attached hydrogens (tertiary/aromatic N) is 1. The van der Waals surface area contributed by atoms with Crippen molar-refractivity contribution in [2.75, 3.05) is 10.6 Å². The standard InChI is InChI=1S/C27H30N2O/c1-5-19-11-13-20(14-12-19)25(30)29-24-17-22(28)15-16-23(24)27(4,18-26(29,2)3)21-9-7-6-8-10-21/h6-17H,5,18,28H2,1-4H3/t27-/m0/s1. The minimum atomic E-state index is -0.383. The summed E-state index contributed by atoms with van der Waals surface area (Å²) in [6.45, 7) is 8.70. The van der Waals surface area contributed by atoms with Gasteiger partial charge in [0.1, 0.15) is 0 Å². The fraction of sp³-hybridized carbons (Fsp3) is 0.296. The fourth-order valence-electron chi connectivity index (χ4n) is 5.03. The van der Waals surface area contributed by atoms with Crippen molar-refractivity contribution < 1.29 is 4.79 Å². The molecule has 2 N–H and O–H groups in total. The Balaban J connectivity index is 1.88. The van der Waals surface area contributed by atoms with Gasteiger partial charge in [-0.05, 0) is 67.6 Å². The molecule has 1 aliphatic rings. The molecule has 3 heteroatoms. The highest BCUT2D eigenvalue weighted by Gasteiger charge is 2.47. The first-order chi connectivity index (χ1) is 14.3. The highest BCUT2D eigenvalue weighted by Crippen LogP contribution is 2.51. The average molecular weight is 399 g/mol. The third-order valence-corrected chi connectivity index (χ3v) is 6.47. The number of benzene rings is 3. The van der Waals surface area contributed by atoms with Crippen molar-refractivity contribution >= 4 is 17.3 Å². The molecule has 0 spiro atoms. The Labute approximate surface area is 179 Å². The van der Waals surface area contributed by atoms with Gasteiger partial charge in [-0.2, -0.15) is 0 Å². The van der Waals surface area contributed by atoms with Crippen LogP contribution in [0.3, 0.4) is 0 Å². The molecule has 0 saturated carbocycles. The monoisotopic (exact) mass is 398 g/mol. The van der Waals surface area contributed by atoms with Crippen LogP contribution in [0, 0.1) is 0 Å². The van der Waals surface area contributed by atoms with Gasteiger partial charge in [0.15, 0.2) is 0 Å². The number of nitrogens with two attached hydrogens (primary N) is 1. The zero-order valence-corrected chi connectivity index (χ0v) is 18.3. The summed E-state index contributed by atoms with van der Waals surface area (Å²) in [4.78, 5) is 15.7. The van der Waals surface area contributed by atoms with E-state index in [-0.39, 0.29) is 16.9 Å². The second kappa shape index (κ2) is 7.32. The summed E-state index contributed by atoms with van der Waals surface area (Å²) >= 11 is 0. The number of anilines is 2. The normalized spacial score (nSPS) is 19.9. The molecule has 0 saturated heterocycles. The molecule has 0 fully saturated rings. The largest absolute Gasteiger partial charge is 0.399 e. The number of carbonyl (C=O) groups excluding carboxylic acids is 1. The average Bonchev–Trinajstić information content (AvgIpc) is 2.73. The summed E-state index contributed by atoms with van der Waals surface area (Å²) in [6, 6.07) is 24.5. The van der Waals surface area contributed by atoms with Crippen molar-refractivity contribution in [3.63, 3.8) is 0 Å². The number of aryl methyl sites for hydroxylation is 1.